The molecule has 0 saturated heterocycles. The maximum atomic E-state index is 11.1. The zero-order valence-electron chi connectivity index (χ0n) is 10.2. The van der Waals surface area contributed by atoms with E-state index in [-0.39, 0.29) is 18.6 Å². The summed E-state index contributed by atoms with van der Waals surface area (Å²) < 4.78 is 5.06. The molecule has 1 aliphatic rings. The normalized spacial score (nSPS) is 19.4. The van der Waals surface area contributed by atoms with E-state index in [0.29, 0.717) is 6.61 Å². The molecule has 0 spiro atoms. The summed E-state index contributed by atoms with van der Waals surface area (Å²) >= 11 is 0. The smallest absolute Gasteiger partial charge is 0.319 e. The Morgan fingerprint density at radius 3 is 2.75 bits per heavy atom. The Kier molecular flexibility index (Phi) is 6.42. The standard InChI is InChI=1S/C12H24N2O2/c1-14-8-12(15)16-9-11(13)7-10-5-3-2-4-6-10/h10-11,14H,2-9,13H2,1H3. The van der Waals surface area contributed by atoms with E-state index >= 15 is 0 Å². The van der Waals surface area contributed by atoms with Gasteiger partial charge in [-0.05, 0) is 19.4 Å². The molecule has 16 heavy (non-hydrogen) atoms. The molecule has 4 heteroatoms. The van der Waals surface area contributed by atoms with Crippen LogP contribution in [-0.2, 0) is 9.53 Å². The molecule has 1 fully saturated rings. The molecule has 1 rings (SSSR count). The fraction of sp³-hybridized carbons (Fsp3) is 0.917. The summed E-state index contributed by atoms with van der Waals surface area (Å²) in [4.78, 5) is 11.1. The van der Waals surface area contributed by atoms with Crippen LogP contribution < -0.4 is 11.1 Å². The molecule has 1 saturated carbocycles. The molecule has 4 nitrogen and oxygen atoms in total. The van der Waals surface area contributed by atoms with E-state index in [4.69, 9.17) is 10.5 Å². The van der Waals surface area contributed by atoms with Gasteiger partial charge in [0.25, 0.3) is 0 Å². The molecule has 1 atom stereocenters. The highest BCUT2D eigenvalue weighted by Gasteiger charge is 2.17. The van der Waals surface area contributed by atoms with Crippen molar-refractivity contribution in [3.05, 3.63) is 0 Å². The molecule has 0 radical (unpaired) electrons. The van der Waals surface area contributed by atoms with Crippen molar-refractivity contribution in [1.82, 2.24) is 5.32 Å². The molecule has 0 aromatic carbocycles. The zero-order valence-corrected chi connectivity index (χ0v) is 10.2. The number of carbonyl (C=O) groups excluding carboxylic acids is 1. The van der Waals surface area contributed by atoms with Crippen molar-refractivity contribution in [1.29, 1.82) is 0 Å². The van der Waals surface area contributed by atoms with Crippen molar-refractivity contribution < 1.29 is 9.53 Å². The first-order valence-electron chi connectivity index (χ1n) is 6.28. The van der Waals surface area contributed by atoms with Gasteiger partial charge in [0, 0.05) is 6.04 Å². The summed E-state index contributed by atoms with van der Waals surface area (Å²) in [6.07, 6.45) is 7.60. The van der Waals surface area contributed by atoms with Crippen LogP contribution >= 0.6 is 0 Å². The van der Waals surface area contributed by atoms with Crippen molar-refractivity contribution >= 4 is 5.97 Å². The molecule has 0 amide bonds. The van der Waals surface area contributed by atoms with Crippen LogP contribution in [0.4, 0.5) is 0 Å². The molecular weight excluding hydrogens is 204 g/mol. The first kappa shape index (κ1) is 13.5. The number of hydrogen-bond donors (Lipinski definition) is 2. The number of likely N-dealkylation sites (N-methyl/N-ethyl adjacent to an activating group) is 1. The highest BCUT2D eigenvalue weighted by Crippen LogP contribution is 2.26. The Labute approximate surface area is 97.9 Å². The fourth-order valence-corrected chi connectivity index (χ4v) is 2.31. The van der Waals surface area contributed by atoms with Gasteiger partial charge in [-0.15, -0.1) is 0 Å². The van der Waals surface area contributed by atoms with Crippen LogP contribution in [0.2, 0.25) is 0 Å². The third-order valence-electron chi connectivity index (χ3n) is 3.14. The first-order chi connectivity index (χ1) is 7.72. The number of carbonyl (C=O) groups is 1. The van der Waals surface area contributed by atoms with Crippen LogP contribution in [0.15, 0.2) is 0 Å². The Hall–Kier alpha value is -0.610. The number of ether oxygens (including phenoxy) is 1. The average Bonchev–Trinajstić information content (AvgIpc) is 2.28. The lowest BCUT2D eigenvalue weighted by Crippen LogP contribution is -2.32. The number of esters is 1. The highest BCUT2D eigenvalue weighted by atomic mass is 16.5. The molecule has 0 aromatic rings. The topological polar surface area (TPSA) is 64.3 Å². The summed E-state index contributed by atoms with van der Waals surface area (Å²) in [7, 11) is 1.73. The summed E-state index contributed by atoms with van der Waals surface area (Å²) in [6.45, 7) is 0.618. The van der Waals surface area contributed by atoms with Crippen molar-refractivity contribution in [2.45, 2.75) is 44.6 Å². The maximum absolute atomic E-state index is 11.1. The molecule has 0 heterocycles. The van der Waals surface area contributed by atoms with Crippen molar-refractivity contribution in [2.75, 3.05) is 20.2 Å². The molecule has 1 unspecified atom stereocenters. The van der Waals surface area contributed by atoms with Gasteiger partial charge >= 0.3 is 5.97 Å². The van der Waals surface area contributed by atoms with Gasteiger partial charge in [0.05, 0.1) is 6.54 Å². The maximum Gasteiger partial charge on any atom is 0.319 e. The highest BCUT2D eigenvalue weighted by molar-refractivity contribution is 5.71. The Balaban J connectivity index is 2.09. The van der Waals surface area contributed by atoms with Crippen molar-refractivity contribution in [3.8, 4) is 0 Å². The lowest BCUT2D eigenvalue weighted by molar-refractivity contribution is -0.143. The van der Waals surface area contributed by atoms with E-state index in [1.54, 1.807) is 7.05 Å². The van der Waals surface area contributed by atoms with Gasteiger partial charge in [-0.1, -0.05) is 32.1 Å². The molecular formula is C12H24N2O2. The summed E-state index contributed by atoms with van der Waals surface area (Å²) in [5, 5.41) is 2.76. The first-order valence-corrected chi connectivity index (χ1v) is 6.28. The second kappa shape index (κ2) is 7.63. The van der Waals surface area contributed by atoms with Gasteiger partial charge in [0.15, 0.2) is 0 Å². The Bertz CT molecular complexity index is 203. The average molecular weight is 228 g/mol. The fourth-order valence-electron chi connectivity index (χ4n) is 2.31. The lowest BCUT2D eigenvalue weighted by Gasteiger charge is -2.24. The minimum Gasteiger partial charge on any atom is -0.463 e. The van der Waals surface area contributed by atoms with E-state index in [1.807, 2.05) is 0 Å². The van der Waals surface area contributed by atoms with Crippen LogP contribution in [0.25, 0.3) is 0 Å². The predicted molar refractivity (Wildman–Crippen MR) is 64.1 cm³/mol. The zero-order chi connectivity index (χ0) is 11.8. The minimum absolute atomic E-state index is 0.00362. The Morgan fingerprint density at radius 2 is 2.12 bits per heavy atom. The summed E-state index contributed by atoms with van der Waals surface area (Å²) in [5.74, 6) is 0.522. The van der Waals surface area contributed by atoms with Crippen LogP contribution in [0, 0.1) is 5.92 Å². The monoisotopic (exact) mass is 228 g/mol. The van der Waals surface area contributed by atoms with Crippen LogP contribution in [0.1, 0.15) is 38.5 Å². The number of rotatable bonds is 6. The quantitative estimate of drug-likeness (QED) is 0.667. The number of nitrogens with two attached hydrogens (primary N) is 1. The van der Waals surface area contributed by atoms with Gasteiger partial charge in [-0.25, -0.2) is 0 Å². The molecule has 94 valence electrons. The van der Waals surface area contributed by atoms with E-state index in [9.17, 15) is 4.79 Å². The van der Waals surface area contributed by atoms with E-state index in [1.165, 1.54) is 32.1 Å². The van der Waals surface area contributed by atoms with Gasteiger partial charge in [-0.2, -0.15) is 0 Å². The van der Waals surface area contributed by atoms with Gasteiger partial charge in [0.1, 0.15) is 6.61 Å². The van der Waals surface area contributed by atoms with Gasteiger partial charge in [-0.3, -0.25) is 4.79 Å². The number of hydrogen-bond acceptors (Lipinski definition) is 4. The van der Waals surface area contributed by atoms with E-state index in [2.05, 4.69) is 5.32 Å². The minimum atomic E-state index is -0.221. The third kappa shape index (κ3) is 5.47. The number of nitrogens with one attached hydrogen (secondary N) is 1. The molecule has 1 aliphatic carbocycles. The largest absolute Gasteiger partial charge is 0.463 e. The summed E-state index contributed by atoms with van der Waals surface area (Å²) in [6, 6.07) is 0.00362. The molecule has 0 bridgehead atoms. The summed E-state index contributed by atoms with van der Waals surface area (Å²) in [5.41, 5.74) is 5.95. The van der Waals surface area contributed by atoms with Crippen LogP contribution in [-0.4, -0.2) is 32.2 Å². The predicted octanol–water partition coefficient (Wildman–Crippen LogP) is 1.05. The molecule has 3 N–H and O–H groups in total. The second-order valence-electron chi connectivity index (χ2n) is 4.71. The van der Waals surface area contributed by atoms with Crippen molar-refractivity contribution in [3.63, 3.8) is 0 Å². The Morgan fingerprint density at radius 1 is 1.44 bits per heavy atom. The lowest BCUT2D eigenvalue weighted by atomic mass is 9.85. The second-order valence-corrected chi connectivity index (χ2v) is 4.71. The van der Waals surface area contributed by atoms with E-state index in [0.717, 1.165) is 12.3 Å². The van der Waals surface area contributed by atoms with Crippen LogP contribution in [0.3, 0.4) is 0 Å². The van der Waals surface area contributed by atoms with Crippen LogP contribution in [0.5, 0.6) is 0 Å². The SMILES string of the molecule is CNCC(=O)OCC(N)CC1CCCCC1. The van der Waals surface area contributed by atoms with E-state index < -0.39 is 0 Å². The van der Waals surface area contributed by atoms with Crippen molar-refractivity contribution in [2.24, 2.45) is 11.7 Å². The molecule has 0 aromatic heterocycles. The third-order valence-corrected chi connectivity index (χ3v) is 3.14. The molecule has 0 aliphatic heterocycles. The van der Waals surface area contributed by atoms with Gasteiger partial charge < -0.3 is 15.8 Å². The van der Waals surface area contributed by atoms with Gasteiger partial charge in [0.2, 0.25) is 0 Å².